The smallest absolute Gasteiger partial charge is 0.306 e. The standard InChI is InChI=1S/C17H23NO2/c19-17(20)16-12-14(16)7-4-13-5-8-15(9-6-13)18-10-2-1-3-11-18/h5-6,8-9,14,16H,1-4,7,10-12H2,(H,19,20)/t14-,16?/m1/s1. The highest BCUT2D eigenvalue weighted by Crippen LogP contribution is 2.42. The second-order valence-electron chi connectivity index (χ2n) is 6.19. The summed E-state index contributed by atoms with van der Waals surface area (Å²) in [5.41, 5.74) is 2.67. The Kier molecular flexibility index (Phi) is 3.95. The van der Waals surface area contributed by atoms with Gasteiger partial charge < -0.3 is 10.0 Å². The van der Waals surface area contributed by atoms with E-state index in [1.807, 2.05) is 0 Å². The van der Waals surface area contributed by atoms with Crippen molar-refractivity contribution < 1.29 is 9.90 Å². The van der Waals surface area contributed by atoms with Crippen LogP contribution >= 0.6 is 0 Å². The van der Waals surface area contributed by atoms with Gasteiger partial charge in [-0.3, -0.25) is 4.79 Å². The maximum absolute atomic E-state index is 10.8. The fraction of sp³-hybridized carbons (Fsp3) is 0.588. The van der Waals surface area contributed by atoms with Crippen LogP contribution in [0.5, 0.6) is 0 Å². The first-order valence-electron chi connectivity index (χ1n) is 7.81. The minimum Gasteiger partial charge on any atom is -0.481 e. The Balaban J connectivity index is 1.50. The zero-order valence-electron chi connectivity index (χ0n) is 11.9. The molecule has 1 N–H and O–H groups in total. The number of carboxylic acid groups (broad SMARTS) is 1. The van der Waals surface area contributed by atoms with Gasteiger partial charge in [0.25, 0.3) is 0 Å². The third-order valence-electron chi connectivity index (χ3n) is 4.70. The average Bonchev–Trinajstić information content (AvgIpc) is 3.26. The lowest BCUT2D eigenvalue weighted by Crippen LogP contribution is -2.29. The monoisotopic (exact) mass is 273 g/mol. The van der Waals surface area contributed by atoms with Gasteiger partial charge in [0.1, 0.15) is 0 Å². The molecule has 3 heteroatoms. The van der Waals surface area contributed by atoms with Crippen LogP contribution in [0.3, 0.4) is 0 Å². The van der Waals surface area contributed by atoms with Crippen LogP contribution in [-0.2, 0) is 11.2 Å². The third-order valence-corrected chi connectivity index (χ3v) is 4.70. The molecule has 0 bridgehead atoms. The van der Waals surface area contributed by atoms with Crippen molar-refractivity contribution in [1.29, 1.82) is 0 Å². The van der Waals surface area contributed by atoms with Crippen LogP contribution in [0.25, 0.3) is 0 Å². The number of nitrogens with zero attached hydrogens (tertiary/aromatic N) is 1. The minimum absolute atomic E-state index is 0.0670. The van der Waals surface area contributed by atoms with Crippen LogP contribution in [0.1, 0.15) is 37.7 Å². The number of anilines is 1. The molecule has 1 aliphatic carbocycles. The molecule has 1 aliphatic heterocycles. The summed E-state index contributed by atoms with van der Waals surface area (Å²) in [4.78, 5) is 13.3. The molecule has 1 saturated carbocycles. The summed E-state index contributed by atoms with van der Waals surface area (Å²) >= 11 is 0. The van der Waals surface area contributed by atoms with Gasteiger partial charge in [-0.15, -0.1) is 0 Å². The van der Waals surface area contributed by atoms with E-state index in [0.717, 1.165) is 19.3 Å². The fourth-order valence-electron chi connectivity index (χ4n) is 3.25. The molecule has 2 atom stereocenters. The highest BCUT2D eigenvalue weighted by Gasteiger charge is 2.42. The van der Waals surface area contributed by atoms with Gasteiger partial charge in [-0.2, -0.15) is 0 Å². The minimum atomic E-state index is -0.615. The summed E-state index contributed by atoms with van der Waals surface area (Å²) in [5.74, 6) is -0.271. The van der Waals surface area contributed by atoms with E-state index in [1.165, 1.54) is 43.6 Å². The summed E-state index contributed by atoms with van der Waals surface area (Å²) in [6.07, 6.45) is 6.87. The van der Waals surface area contributed by atoms with E-state index in [2.05, 4.69) is 29.2 Å². The van der Waals surface area contributed by atoms with Crippen molar-refractivity contribution in [2.45, 2.75) is 38.5 Å². The second-order valence-corrected chi connectivity index (χ2v) is 6.19. The molecule has 1 aromatic rings. The Labute approximate surface area is 120 Å². The van der Waals surface area contributed by atoms with Crippen molar-refractivity contribution in [3.63, 3.8) is 0 Å². The molecule has 108 valence electrons. The Morgan fingerprint density at radius 2 is 1.85 bits per heavy atom. The highest BCUT2D eigenvalue weighted by atomic mass is 16.4. The summed E-state index contributed by atoms with van der Waals surface area (Å²) in [6, 6.07) is 8.87. The van der Waals surface area contributed by atoms with Gasteiger partial charge in [0.2, 0.25) is 0 Å². The van der Waals surface area contributed by atoms with Gasteiger partial charge in [-0.1, -0.05) is 12.1 Å². The summed E-state index contributed by atoms with van der Waals surface area (Å²) in [6.45, 7) is 2.36. The molecule has 1 saturated heterocycles. The fourth-order valence-corrected chi connectivity index (χ4v) is 3.25. The van der Waals surface area contributed by atoms with Crippen LogP contribution in [0.4, 0.5) is 5.69 Å². The van der Waals surface area contributed by atoms with Gasteiger partial charge in [0, 0.05) is 18.8 Å². The number of rotatable bonds is 5. The van der Waals surface area contributed by atoms with Gasteiger partial charge in [0.05, 0.1) is 5.92 Å². The molecule has 1 aromatic carbocycles. The van der Waals surface area contributed by atoms with E-state index in [9.17, 15) is 4.79 Å². The normalized spacial score (nSPS) is 25.5. The van der Waals surface area contributed by atoms with E-state index in [4.69, 9.17) is 5.11 Å². The Morgan fingerprint density at radius 1 is 1.15 bits per heavy atom. The lowest BCUT2D eigenvalue weighted by Gasteiger charge is -2.28. The molecule has 1 heterocycles. The maximum Gasteiger partial charge on any atom is 0.306 e. The van der Waals surface area contributed by atoms with Crippen molar-refractivity contribution in [3.05, 3.63) is 29.8 Å². The van der Waals surface area contributed by atoms with E-state index in [0.29, 0.717) is 5.92 Å². The van der Waals surface area contributed by atoms with Crippen molar-refractivity contribution >= 4 is 11.7 Å². The van der Waals surface area contributed by atoms with Crippen LogP contribution in [0.15, 0.2) is 24.3 Å². The van der Waals surface area contributed by atoms with Gasteiger partial charge in [-0.25, -0.2) is 0 Å². The second kappa shape index (κ2) is 5.86. The van der Waals surface area contributed by atoms with E-state index in [-0.39, 0.29) is 5.92 Å². The molecule has 2 fully saturated rings. The molecule has 0 radical (unpaired) electrons. The van der Waals surface area contributed by atoms with Crippen LogP contribution < -0.4 is 4.90 Å². The zero-order valence-corrected chi connectivity index (χ0v) is 11.9. The quantitative estimate of drug-likeness (QED) is 0.894. The Hall–Kier alpha value is -1.51. The molecule has 2 aliphatic rings. The van der Waals surface area contributed by atoms with Crippen molar-refractivity contribution in [1.82, 2.24) is 0 Å². The summed E-state index contributed by atoms with van der Waals surface area (Å²) in [5, 5.41) is 8.90. The number of carboxylic acids is 1. The third kappa shape index (κ3) is 3.14. The first kappa shape index (κ1) is 13.5. The number of aliphatic carboxylic acids is 1. The van der Waals surface area contributed by atoms with E-state index >= 15 is 0 Å². The number of hydrogen-bond acceptors (Lipinski definition) is 2. The first-order valence-corrected chi connectivity index (χ1v) is 7.81. The van der Waals surface area contributed by atoms with E-state index < -0.39 is 5.97 Å². The molecule has 3 nitrogen and oxygen atoms in total. The Bertz CT molecular complexity index is 462. The summed E-state index contributed by atoms with van der Waals surface area (Å²) in [7, 11) is 0. The number of carbonyl (C=O) groups is 1. The van der Waals surface area contributed by atoms with Gasteiger partial charge in [-0.05, 0) is 62.1 Å². The van der Waals surface area contributed by atoms with Crippen molar-refractivity contribution in [2.24, 2.45) is 11.8 Å². The highest BCUT2D eigenvalue weighted by molar-refractivity contribution is 5.73. The number of piperidine rings is 1. The predicted octanol–water partition coefficient (Wildman–Crippen LogP) is 3.33. The molecular weight excluding hydrogens is 250 g/mol. The lowest BCUT2D eigenvalue weighted by molar-refractivity contribution is -0.138. The topological polar surface area (TPSA) is 40.5 Å². The Morgan fingerprint density at radius 3 is 2.45 bits per heavy atom. The summed E-state index contributed by atoms with van der Waals surface area (Å²) < 4.78 is 0. The van der Waals surface area contributed by atoms with Crippen molar-refractivity contribution in [2.75, 3.05) is 18.0 Å². The largest absolute Gasteiger partial charge is 0.481 e. The lowest BCUT2D eigenvalue weighted by atomic mass is 10.0. The maximum atomic E-state index is 10.8. The molecule has 3 rings (SSSR count). The SMILES string of the molecule is O=C(O)C1C[C@H]1CCc1ccc(N2CCCCC2)cc1. The van der Waals surface area contributed by atoms with Crippen molar-refractivity contribution in [3.8, 4) is 0 Å². The van der Waals surface area contributed by atoms with Crippen LogP contribution in [0, 0.1) is 11.8 Å². The molecule has 20 heavy (non-hydrogen) atoms. The van der Waals surface area contributed by atoms with Crippen LogP contribution in [0.2, 0.25) is 0 Å². The average molecular weight is 273 g/mol. The van der Waals surface area contributed by atoms with Crippen LogP contribution in [-0.4, -0.2) is 24.2 Å². The van der Waals surface area contributed by atoms with Gasteiger partial charge >= 0.3 is 5.97 Å². The molecule has 0 aromatic heterocycles. The predicted molar refractivity (Wildman–Crippen MR) is 80.1 cm³/mol. The molecule has 1 unspecified atom stereocenters. The number of benzene rings is 1. The van der Waals surface area contributed by atoms with E-state index in [1.54, 1.807) is 0 Å². The first-order chi connectivity index (χ1) is 9.74. The van der Waals surface area contributed by atoms with Gasteiger partial charge in [0.15, 0.2) is 0 Å². The molecular formula is C17H23NO2. The molecule has 0 amide bonds. The zero-order chi connectivity index (χ0) is 13.9. The molecule has 0 spiro atoms. The number of hydrogen-bond donors (Lipinski definition) is 1. The number of aryl methyl sites for hydroxylation is 1.